The molecule has 0 radical (unpaired) electrons. The van der Waals surface area contributed by atoms with Crippen molar-refractivity contribution in [2.75, 3.05) is 13.6 Å². The third-order valence-electron chi connectivity index (χ3n) is 2.22. The molecule has 0 spiro atoms. The van der Waals surface area contributed by atoms with Gasteiger partial charge in [0.2, 0.25) is 5.91 Å². The van der Waals surface area contributed by atoms with Gasteiger partial charge in [-0.2, -0.15) is 0 Å². The number of primary amides is 1. The Kier molecular flexibility index (Phi) is 4.39. The zero-order valence-electron chi connectivity index (χ0n) is 9.19. The Morgan fingerprint density at radius 1 is 1.56 bits per heavy atom. The minimum atomic E-state index is -0.696. The van der Waals surface area contributed by atoms with Crippen molar-refractivity contribution >= 4 is 5.91 Å². The lowest BCUT2D eigenvalue weighted by molar-refractivity contribution is -0.119. The van der Waals surface area contributed by atoms with Crippen LogP contribution in [-0.2, 0) is 11.3 Å². The average molecular weight is 225 g/mol. The largest absolute Gasteiger partial charge is 0.368 e. The number of hydrogen-bond acceptors (Lipinski definition) is 3. The molecular weight excluding hydrogens is 209 g/mol. The van der Waals surface area contributed by atoms with Crippen molar-refractivity contribution in [3.8, 4) is 0 Å². The number of amides is 1. The number of rotatable bonds is 5. The third kappa shape index (κ3) is 3.96. The molecule has 0 heterocycles. The monoisotopic (exact) mass is 225 g/mol. The molecule has 0 aliphatic carbocycles. The Labute approximate surface area is 94.0 Å². The molecule has 1 unspecified atom stereocenters. The van der Waals surface area contributed by atoms with Gasteiger partial charge < -0.3 is 16.4 Å². The predicted molar refractivity (Wildman–Crippen MR) is 59.9 cm³/mol. The molecule has 0 aliphatic rings. The van der Waals surface area contributed by atoms with Crippen LogP contribution in [0.4, 0.5) is 4.39 Å². The van der Waals surface area contributed by atoms with Crippen LogP contribution in [0.25, 0.3) is 0 Å². The standard InChI is InChI=1S/C11H16FN3O/c1-15(7-10(13)11(14)16)6-8-3-2-4-9(12)5-8/h2-5,10H,6-7,13H2,1H3,(H2,14,16). The highest BCUT2D eigenvalue weighted by molar-refractivity contribution is 5.79. The Morgan fingerprint density at radius 2 is 2.25 bits per heavy atom. The van der Waals surface area contributed by atoms with Gasteiger partial charge in [0.15, 0.2) is 0 Å². The summed E-state index contributed by atoms with van der Waals surface area (Å²) < 4.78 is 12.9. The van der Waals surface area contributed by atoms with E-state index in [9.17, 15) is 9.18 Å². The molecule has 0 aliphatic heterocycles. The first-order valence-corrected chi connectivity index (χ1v) is 4.97. The van der Waals surface area contributed by atoms with Gasteiger partial charge in [-0.3, -0.25) is 4.79 Å². The van der Waals surface area contributed by atoms with Crippen LogP contribution in [0.5, 0.6) is 0 Å². The second-order valence-corrected chi connectivity index (χ2v) is 3.84. The Bertz CT molecular complexity index is 370. The molecule has 5 heteroatoms. The summed E-state index contributed by atoms with van der Waals surface area (Å²) in [5, 5.41) is 0. The van der Waals surface area contributed by atoms with Crippen molar-refractivity contribution in [2.24, 2.45) is 11.5 Å². The van der Waals surface area contributed by atoms with E-state index in [-0.39, 0.29) is 5.82 Å². The van der Waals surface area contributed by atoms with Crippen LogP contribution in [0.15, 0.2) is 24.3 Å². The minimum Gasteiger partial charge on any atom is -0.368 e. The van der Waals surface area contributed by atoms with E-state index in [4.69, 9.17) is 11.5 Å². The van der Waals surface area contributed by atoms with Gasteiger partial charge in [-0.05, 0) is 24.7 Å². The quantitative estimate of drug-likeness (QED) is 0.745. The second kappa shape index (κ2) is 5.58. The van der Waals surface area contributed by atoms with E-state index in [0.29, 0.717) is 13.1 Å². The van der Waals surface area contributed by atoms with E-state index < -0.39 is 11.9 Å². The third-order valence-corrected chi connectivity index (χ3v) is 2.22. The summed E-state index contributed by atoms with van der Waals surface area (Å²) in [5.41, 5.74) is 11.4. The lowest BCUT2D eigenvalue weighted by Gasteiger charge is -2.19. The van der Waals surface area contributed by atoms with Crippen molar-refractivity contribution in [2.45, 2.75) is 12.6 Å². The molecule has 1 aromatic carbocycles. The van der Waals surface area contributed by atoms with Crippen LogP contribution in [-0.4, -0.2) is 30.4 Å². The number of hydrogen-bond donors (Lipinski definition) is 2. The SMILES string of the molecule is CN(Cc1cccc(F)c1)CC(N)C(N)=O. The van der Waals surface area contributed by atoms with Crippen LogP contribution in [0.3, 0.4) is 0 Å². The van der Waals surface area contributed by atoms with Crippen molar-refractivity contribution in [3.05, 3.63) is 35.6 Å². The maximum atomic E-state index is 12.9. The first-order chi connectivity index (χ1) is 7.49. The fourth-order valence-corrected chi connectivity index (χ4v) is 1.44. The van der Waals surface area contributed by atoms with E-state index >= 15 is 0 Å². The molecule has 4 nitrogen and oxygen atoms in total. The summed E-state index contributed by atoms with van der Waals surface area (Å²) in [6, 6.07) is 5.60. The van der Waals surface area contributed by atoms with Crippen LogP contribution in [0.2, 0.25) is 0 Å². The fourth-order valence-electron chi connectivity index (χ4n) is 1.44. The highest BCUT2D eigenvalue weighted by Gasteiger charge is 2.12. The molecule has 0 saturated carbocycles. The Balaban J connectivity index is 2.51. The number of likely N-dealkylation sites (N-methyl/N-ethyl adjacent to an activating group) is 1. The summed E-state index contributed by atoms with van der Waals surface area (Å²) in [6.07, 6.45) is 0. The highest BCUT2D eigenvalue weighted by Crippen LogP contribution is 2.06. The summed E-state index contributed by atoms with van der Waals surface area (Å²) in [6.45, 7) is 0.880. The molecule has 16 heavy (non-hydrogen) atoms. The number of nitrogens with zero attached hydrogens (tertiary/aromatic N) is 1. The van der Waals surface area contributed by atoms with Gasteiger partial charge in [-0.1, -0.05) is 12.1 Å². The van der Waals surface area contributed by atoms with Gasteiger partial charge >= 0.3 is 0 Å². The molecule has 0 saturated heterocycles. The van der Waals surface area contributed by atoms with E-state index in [1.54, 1.807) is 13.1 Å². The summed E-state index contributed by atoms with van der Waals surface area (Å²) in [5.74, 6) is -0.809. The summed E-state index contributed by atoms with van der Waals surface area (Å²) in [4.78, 5) is 12.6. The number of benzene rings is 1. The van der Waals surface area contributed by atoms with Crippen molar-refractivity contribution in [1.29, 1.82) is 0 Å². The molecule has 1 atom stereocenters. The average Bonchev–Trinajstić information content (AvgIpc) is 2.16. The van der Waals surface area contributed by atoms with Crippen molar-refractivity contribution in [3.63, 3.8) is 0 Å². The van der Waals surface area contributed by atoms with E-state index in [0.717, 1.165) is 5.56 Å². The second-order valence-electron chi connectivity index (χ2n) is 3.84. The van der Waals surface area contributed by atoms with Gasteiger partial charge in [0.1, 0.15) is 5.82 Å². The Morgan fingerprint density at radius 3 is 2.81 bits per heavy atom. The smallest absolute Gasteiger partial charge is 0.235 e. The van der Waals surface area contributed by atoms with Crippen molar-refractivity contribution < 1.29 is 9.18 Å². The molecule has 0 bridgehead atoms. The van der Waals surface area contributed by atoms with Gasteiger partial charge in [0.25, 0.3) is 0 Å². The zero-order valence-corrected chi connectivity index (χ0v) is 9.19. The first-order valence-electron chi connectivity index (χ1n) is 4.97. The topological polar surface area (TPSA) is 72.3 Å². The lowest BCUT2D eigenvalue weighted by atomic mass is 10.2. The number of carbonyl (C=O) groups excluding carboxylic acids is 1. The first kappa shape index (κ1) is 12.6. The van der Waals surface area contributed by atoms with E-state index in [2.05, 4.69) is 0 Å². The number of nitrogens with two attached hydrogens (primary N) is 2. The van der Waals surface area contributed by atoms with E-state index in [1.807, 2.05) is 11.0 Å². The molecule has 88 valence electrons. The van der Waals surface area contributed by atoms with Crippen LogP contribution < -0.4 is 11.5 Å². The highest BCUT2D eigenvalue weighted by atomic mass is 19.1. The number of carbonyl (C=O) groups is 1. The maximum Gasteiger partial charge on any atom is 0.235 e. The van der Waals surface area contributed by atoms with Crippen molar-refractivity contribution in [1.82, 2.24) is 4.90 Å². The van der Waals surface area contributed by atoms with Crippen LogP contribution in [0.1, 0.15) is 5.56 Å². The van der Waals surface area contributed by atoms with Gasteiger partial charge in [-0.25, -0.2) is 4.39 Å². The molecule has 1 aromatic rings. The lowest BCUT2D eigenvalue weighted by Crippen LogP contribution is -2.44. The summed E-state index contributed by atoms with van der Waals surface area (Å²) in [7, 11) is 1.80. The van der Waals surface area contributed by atoms with Gasteiger partial charge in [0.05, 0.1) is 6.04 Å². The fraction of sp³-hybridized carbons (Fsp3) is 0.364. The minimum absolute atomic E-state index is 0.273. The predicted octanol–water partition coefficient (Wildman–Crippen LogP) is 0.0701. The van der Waals surface area contributed by atoms with Crippen LogP contribution in [0, 0.1) is 5.82 Å². The molecule has 0 fully saturated rings. The molecule has 0 aromatic heterocycles. The molecule has 4 N–H and O–H groups in total. The summed E-state index contributed by atoms with van der Waals surface area (Å²) >= 11 is 0. The normalized spacial score (nSPS) is 12.8. The van der Waals surface area contributed by atoms with Crippen LogP contribution >= 0.6 is 0 Å². The molecular formula is C11H16FN3O. The van der Waals surface area contributed by atoms with Gasteiger partial charge in [-0.15, -0.1) is 0 Å². The zero-order chi connectivity index (χ0) is 12.1. The Hall–Kier alpha value is -1.46. The molecule has 1 rings (SSSR count). The van der Waals surface area contributed by atoms with Gasteiger partial charge in [0, 0.05) is 13.1 Å². The van der Waals surface area contributed by atoms with E-state index in [1.165, 1.54) is 12.1 Å². The molecule has 1 amide bonds. The number of halogens is 1. The maximum absolute atomic E-state index is 12.9.